The van der Waals surface area contributed by atoms with Gasteiger partial charge in [-0.1, -0.05) is 32.9 Å². The molecule has 1 heterocycles. The Balaban J connectivity index is 1.58. The quantitative estimate of drug-likeness (QED) is 0.783. The van der Waals surface area contributed by atoms with Gasteiger partial charge in [0.15, 0.2) is 0 Å². The van der Waals surface area contributed by atoms with Gasteiger partial charge in [-0.25, -0.2) is 4.68 Å². The first kappa shape index (κ1) is 16.5. The fraction of sp³-hybridized carbons (Fsp3) is 0.833. The van der Waals surface area contributed by atoms with E-state index >= 15 is 0 Å². The van der Waals surface area contributed by atoms with Crippen molar-refractivity contribution in [3.8, 4) is 0 Å². The van der Waals surface area contributed by atoms with E-state index in [0.717, 1.165) is 25.8 Å². The van der Waals surface area contributed by atoms with E-state index in [2.05, 4.69) is 28.8 Å². The first-order valence-electron chi connectivity index (χ1n) is 9.05. The summed E-state index contributed by atoms with van der Waals surface area (Å²) in [6, 6.07) is 0. The first-order valence-corrected chi connectivity index (χ1v) is 9.05. The number of nitrogens with zero attached hydrogens (tertiary/aromatic N) is 3. The molecule has 1 fully saturated rings. The van der Waals surface area contributed by atoms with Gasteiger partial charge in [0.1, 0.15) is 0 Å². The fourth-order valence-corrected chi connectivity index (χ4v) is 3.91. The molecule has 0 amide bonds. The summed E-state index contributed by atoms with van der Waals surface area (Å²) >= 11 is 0. The topological polar surface area (TPSA) is 57.0 Å². The summed E-state index contributed by atoms with van der Waals surface area (Å²) in [6.45, 7) is 9.77. The number of aryl methyl sites for hydroxylation is 1. The second kappa shape index (κ2) is 6.62. The predicted octanol–water partition coefficient (Wildman–Crippen LogP) is 2.87. The SMILES string of the molecule is CC(C)Cn1nnc2c1CCC1C(CC2)C1COC(=O)C(C)C. The zero-order chi connectivity index (χ0) is 16.6. The van der Waals surface area contributed by atoms with E-state index in [0.29, 0.717) is 30.3 Å². The fourth-order valence-electron chi connectivity index (χ4n) is 3.91. The van der Waals surface area contributed by atoms with Crippen LogP contribution in [0.25, 0.3) is 0 Å². The van der Waals surface area contributed by atoms with Crippen molar-refractivity contribution < 1.29 is 9.53 Å². The van der Waals surface area contributed by atoms with Crippen LogP contribution in [0, 0.1) is 29.6 Å². The van der Waals surface area contributed by atoms with Crippen LogP contribution in [-0.4, -0.2) is 27.6 Å². The van der Waals surface area contributed by atoms with Crippen molar-refractivity contribution in [2.45, 2.75) is 59.9 Å². The van der Waals surface area contributed by atoms with Gasteiger partial charge in [0.25, 0.3) is 0 Å². The number of fused-ring (bicyclic) bond motifs is 2. The van der Waals surface area contributed by atoms with Crippen LogP contribution in [0.1, 0.15) is 51.9 Å². The second-order valence-corrected chi connectivity index (χ2v) is 7.91. The normalized spacial score (nSPS) is 26.4. The number of carbonyl (C=O) groups is 1. The van der Waals surface area contributed by atoms with Gasteiger partial charge in [0, 0.05) is 6.54 Å². The summed E-state index contributed by atoms with van der Waals surface area (Å²) in [4.78, 5) is 11.7. The van der Waals surface area contributed by atoms with Gasteiger partial charge in [-0.05, 0) is 49.4 Å². The molecule has 5 heteroatoms. The predicted molar refractivity (Wildman–Crippen MR) is 87.8 cm³/mol. The minimum atomic E-state index is -0.0678. The highest BCUT2D eigenvalue weighted by molar-refractivity contribution is 5.71. The number of rotatable bonds is 5. The Morgan fingerprint density at radius 3 is 2.57 bits per heavy atom. The zero-order valence-corrected chi connectivity index (χ0v) is 14.8. The molecular formula is C18H29N3O2. The summed E-state index contributed by atoms with van der Waals surface area (Å²) in [5.74, 6) is 2.47. The summed E-state index contributed by atoms with van der Waals surface area (Å²) in [7, 11) is 0. The molecule has 1 aromatic heterocycles. The van der Waals surface area contributed by atoms with E-state index in [1.807, 2.05) is 13.8 Å². The Kier molecular flexibility index (Phi) is 4.74. The van der Waals surface area contributed by atoms with Crippen LogP contribution in [0.3, 0.4) is 0 Å². The highest BCUT2D eigenvalue weighted by Gasteiger charge is 2.50. The van der Waals surface area contributed by atoms with E-state index in [1.165, 1.54) is 17.8 Å². The van der Waals surface area contributed by atoms with Gasteiger partial charge >= 0.3 is 5.97 Å². The Hall–Kier alpha value is -1.39. The maximum atomic E-state index is 11.7. The second-order valence-electron chi connectivity index (χ2n) is 7.91. The molecule has 0 saturated heterocycles. The first-order chi connectivity index (χ1) is 11.0. The Bertz CT molecular complexity index is 565. The van der Waals surface area contributed by atoms with Crippen LogP contribution in [0.2, 0.25) is 0 Å². The van der Waals surface area contributed by atoms with Gasteiger partial charge in [-0.2, -0.15) is 0 Å². The number of hydrogen-bond acceptors (Lipinski definition) is 4. The van der Waals surface area contributed by atoms with Crippen molar-refractivity contribution in [3.63, 3.8) is 0 Å². The van der Waals surface area contributed by atoms with Gasteiger partial charge in [0.05, 0.1) is 23.9 Å². The molecule has 23 heavy (non-hydrogen) atoms. The largest absolute Gasteiger partial charge is 0.465 e. The van der Waals surface area contributed by atoms with E-state index < -0.39 is 0 Å². The minimum absolute atomic E-state index is 0.0307. The van der Waals surface area contributed by atoms with E-state index in [-0.39, 0.29) is 11.9 Å². The summed E-state index contributed by atoms with van der Waals surface area (Å²) in [5.41, 5.74) is 2.52. The molecule has 1 saturated carbocycles. The highest BCUT2D eigenvalue weighted by Crippen LogP contribution is 2.52. The molecule has 3 rings (SSSR count). The number of ether oxygens (including phenoxy) is 1. The lowest BCUT2D eigenvalue weighted by Crippen LogP contribution is -2.14. The van der Waals surface area contributed by atoms with Crippen LogP contribution >= 0.6 is 0 Å². The molecule has 2 aliphatic rings. The third-order valence-corrected chi connectivity index (χ3v) is 5.28. The molecule has 128 valence electrons. The van der Waals surface area contributed by atoms with Crippen molar-refractivity contribution in [2.24, 2.45) is 29.6 Å². The Morgan fingerprint density at radius 2 is 1.91 bits per heavy atom. The molecule has 0 aromatic carbocycles. The third-order valence-electron chi connectivity index (χ3n) is 5.28. The van der Waals surface area contributed by atoms with E-state index in [1.54, 1.807) is 0 Å². The Labute approximate surface area is 138 Å². The van der Waals surface area contributed by atoms with Crippen molar-refractivity contribution in [1.82, 2.24) is 15.0 Å². The van der Waals surface area contributed by atoms with Gasteiger partial charge in [0.2, 0.25) is 0 Å². The summed E-state index contributed by atoms with van der Waals surface area (Å²) in [6.07, 6.45) is 4.41. The van der Waals surface area contributed by atoms with E-state index in [9.17, 15) is 4.79 Å². The standard InChI is InChI=1S/C18H29N3O2/c1-11(2)9-21-17-8-6-14-13(5-7-16(17)19-20-21)15(14)10-23-18(22)12(3)4/h11-15H,5-10H2,1-4H3. The molecule has 3 atom stereocenters. The van der Waals surface area contributed by atoms with Crippen LogP contribution in [0.5, 0.6) is 0 Å². The summed E-state index contributed by atoms with van der Waals surface area (Å²) in [5, 5.41) is 8.77. The number of carbonyl (C=O) groups excluding carboxylic acids is 1. The maximum Gasteiger partial charge on any atom is 0.308 e. The van der Waals surface area contributed by atoms with Crippen molar-refractivity contribution in [1.29, 1.82) is 0 Å². The molecular weight excluding hydrogens is 290 g/mol. The molecule has 0 radical (unpaired) electrons. The van der Waals surface area contributed by atoms with Crippen LogP contribution in [-0.2, 0) is 28.9 Å². The van der Waals surface area contributed by atoms with E-state index in [4.69, 9.17) is 4.74 Å². The highest BCUT2D eigenvalue weighted by atomic mass is 16.5. The smallest absolute Gasteiger partial charge is 0.308 e. The van der Waals surface area contributed by atoms with Crippen molar-refractivity contribution in [3.05, 3.63) is 11.4 Å². The van der Waals surface area contributed by atoms with Crippen LogP contribution < -0.4 is 0 Å². The summed E-state index contributed by atoms with van der Waals surface area (Å²) < 4.78 is 7.57. The maximum absolute atomic E-state index is 11.7. The zero-order valence-electron chi connectivity index (χ0n) is 14.8. The molecule has 2 aliphatic carbocycles. The molecule has 0 N–H and O–H groups in total. The molecule has 0 bridgehead atoms. The van der Waals surface area contributed by atoms with Gasteiger partial charge in [-0.15, -0.1) is 5.10 Å². The molecule has 1 aromatic rings. The molecule has 0 spiro atoms. The number of esters is 1. The monoisotopic (exact) mass is 319 g/mol. The minimum Gasteiger partial charge on any atom is -0.465 e. The Morgan fingerprint density at radius 1 is 1.22 bits per heavy atom. The van der Waals surface area contributed by atoms with Crippen molar-refractivity contribution in [2.75, 3.05) is 6.61 Å². The van der Waals surface area contributed by atoms with Crippen LogP contribution in [0.4, 0.5) is 0 Å². The molecule has 0 aliphatic heterocycles. The van der Waals surface area contributed by atoms with Gasteiger partial charge < -0.3 is 4.74 Å². The van der Waals surface area contributed by atoms with Gasteiger partial charge in [-0.3, -0.25) is 4.79 Å². The lowest BCUT2D eigenvalue weighted by molar-refractivity contribution is -0.148. The third kappa shape index (κ3) is 3.59. The lowest BCUT2D eigenvalue weighted by Gasteiger charge is -2.12. The lowest BCUT2D eigenvalue weighted by atomic mass is 10.0. The number of aromatic nitrogens is 3. The molecule has 3 unspecified atom stereocenters. The average molecular weight is 319 g/mol. The van der Waals surface area contributed by atoms with Crippen LogP contribution in [0.15, 0.2) is 0 Å². The average Bonchev–Trinajstić information content (AvgIpc) is 2.99. The van der Waals surface area contributed by atoms with Crippen molar-refractivity contribution >= 4 is 5.97 Å². The number of hydrogen-bond donors (Lipinski definition) is 0. The molecule has 5 nitrogen and oxygen atoms in total.